The number of sulfone groups is 1. The second-order valence-electron chi connectivity index (χ2n) is 6.56. The number of aliphatic imine (C=N–C) groups is 1. The minimum Gasteiger partial charge on any atom is -0.380 e. The Hall–Kier alpha value is -1.76. The summed E-state index contributed by atoms with van der Waals surface area (Å²) in [5.74, 6) is 1.52. The molecule has 1 saturated heterocycles. The van der Waals surface area contributed by atoms with E-state index in [1.165, 1.54) is 0 Å². The zero-order chi connectivity index (χ0) is 17.6. The van der Waals surface area contributed by atoms with Crippen LogP contribution in [-0.4, -0.2) is 51.6 Å². The third kappa shape index (κ3) is 5.70. The molecule has 3 N–H and O–H groups in total. The van der Waals surface area contributed by atoms with Crippen LogP contribution in [0.2, 0.25) is 0 Å². The number of nitrogens with zero attached hydrogens (tertiary/aromatic N) is 1. The van der Waals surface area contributed by atoms with Crippen molar-refractivity contribution < 1.29 is 8.42 Å². The van der Waals surface area contributed by atoms with Gasteiger partial charge in [-0.3, -0.25) is 4.99 Å². The first-order chi connectivity index (χ1) is 11.4. The van der Waals surface area contributed by atoms with Crippen LogP contribution in [0.5, 0.6) is 0 Å². The van der Waals surface area contributed by atoms with Crippen LogP contribution >= 0.6 is 0 Å². The smallest absolute Gasteiger partial charge is 0.191 e. The predicted molar refractivity (Wildman–Crippen MR) is 100 cm³/mol. The summed E-state index contributed by atoms with van der Waals surface area (Å²) in [6, 6.07) is 10.3. The fourth-order valence-corrected chi connectivity index (χ4v) is 4.38. The molecule has 24 heavy (non-hydrogen) atoms. The fourth-order valence-electron chi connectivity index (χ4n) is 2.71. The molecule has 1 aromatic rings. The van der Waals surface area contributed by atoms with Gasteiger partial charge in [0.25, 0.3) is 0 Å². The van der Waals surface area contributed by atoms with Crippen molar-refractivity contribution >= 4 is 21.5 Å². The number of guanidine groups is 1. The molecule has 0 saturated carbocycles. The van der Waals surface area contributed by atoms with Gasteiger partial charge in [-0.2, -0.15) is 0 Å². The van der Waals surface area contributed by atoms with Gasteiger partial charge in [0.2, 0.25) is 0 Å². The zero-order valence-corrected chi connectivity index (χ0v) is 15.4. The van der Waals surface area contributed by atoms with E-state index in [2.05, 4.69) is 34.8 Å². The molecule has 2 atom stereocenters. The number of hydrogen-bond acceptors (Lipinski definition) is 4. The lowest BCUT2D eigenvalue weighted by atomic mass is 10.0. The Labute approximate surface area is 145 Å². The summed E-state index contributed by atoms with van der Waals surface area (Å²) in [6.07, 6.45) is 0.638. The van der Waals surface area contributed by atoms with Crippen molar-refractivity contribution in [2.24, 2.45) is 10.9 Å². The van der Waals surface area contributed by atoms with E-state index < -0.39 is 9.84 Å². The minimum absolute atomic E-state index is 0.0548. The number of nitrogens with one attached hydrogen (secondary N) is 3. The van der Waals surface area contributed by atoms with Crippen molar-refractivity contribution in [3.05, 3.63) is 30.3 Å². The van der Waals surface area contributed by atoms with Crippen LogP contribution in [0.3, 0.4) is 0 Å². The van der Waals surface area contributed by atoms with Gasteiger partial charge in [0, 0.05) is 31.4 Å². The monoisotopic (exact) mass is 352 g/mol. The van der Waals surface area contributed by atoms with Crippen molar-refractivity contribution in [3.8, 4) is 0 Å². The van der Waals surface area contributed by atoms with Gasteiger partial charge in [-0.15, -0.1) is 0 Å². The standard InChI is InChI=1S/C17H28N4O2S/c1-13(2)16(20-14-7-5-4-6-8-14)11-19-17(18-3)21-15-9-10-24(22,23)12-15/h4-8,13,15-16,20H,9-12H2,1-3H3,(H2,18,19,21). The van der Waals surface area contributed by atoms with Gasteiger partial charge < -0.3 is 16.0 Å². The molecule has 1 aromatic carbocycles. The zero-order valence-electron chi connectivity index (χ0n) is 14.6. The second kappa shape index (κ2) is 8.37. The first kappa shape index (κ1) is 18.6. The fraction of sp³-hybridized carbons (Fsp3) is 0.588. The quantitative estimate of drug-likeness (QED) is 0.533. The molecular formula is C17H28N4O2S. The molecule has 0 bridgehead atoms. The number of hydrogen-bond donors (Lipinski definition) is 3. The second-order valence-corrected chi connectivity index (χ2v) is 8.79. The minimum atomic E-state index is -2.89. The molecule has 2 unspecified atom stereocenters. The lowest BCUT2D eigenvalue weighted by Crippen LogP contribution is -2.48. The van der Waals surface area contributed by atoms with Gasteiger partial charge >= 0.3 is 0 Å². The lowest BCUT2D eigenvalue weighted by molar-refractivity contribution is 0.510. The van der Waals surface area contributed by atoms with Crippen LogP contribution in [0.15, 0.2) is 35.3 Å². The maximum atomic E-state index is 11.6. The van der Waals surface area contributed by atoms with E-state index in [0.29, 0.717) is 24.8 Å². The molecular weight excluding hydrogens is 324 g/mol. The van der Waals surface area contributed by atoms with Crippen LogP contribution in [0.25, 0.3) is 0 Å². The Balaban J connectivity index is 1.88. The van der Waals surface area contributed by atoms with E-state index >= 15 is 0 Å². The number of anilines is 1. The van der Waals surface area contributed by atoms with Crippen molar-refractivity contribution in [3.63, 3.8) is 0 Å². The molecule has 1 aliphatic heterocycles. The average Bonchev–Trinajstić information content (AvgIpc) is 2.89. The summed E-state index contributed by atoms with van der Waals surface area (Å²) in [4.78, 5) is 4.21. The molecule has 1 aliphatic rings. The molecule has 1 fully saturated rings. The first-order valence-corrected chi connectivity index (χ1v) is 10.2. The van der Waals surface area contributed by atoms with Gasteiger partial charge in [-0.25, -0.2) is 8.42 Å². The van der Waals surface area contributed by atoms with E-state index in [-0.39, 0.29) is 23.6 Å². The normalized spacial score (nSPS) is 21.5. The first-order valence-electron chi connectivity index (χ1n) is 8.39. The number of benzene rings is 1. The van der Waals surface area contributed by atoms with Crippen LogP contribution in [0, 0.1) is 5.92 Å². The van der Waals surface area contributed by atoms with Crippen LogP contribution in [0.1, 0.15) is 20.3 Å². The van der Waals surface area contributed by atoms with Crippen molar-refractivity contribution in [2.45, 2.75) is 32.4 Å². The van der Waals surface area contributed by atoms with Crippen molar-refractivity contribution in [2.75, 3.05) is 30.4 Å². The molecule has 2 rings (SSSR count). The summed E-state index contributed by atoms with van der Waals surface area (Å²) in [5, 5.41) is 10.0. The lowest BCUT2D eigenvalue weighted by Gasteiger charge is -2.25. The van der Waals surface area contributed by atoms with Crippen LogP contribution in [-0.2, 0) is 9.84 Å². The van der Waals surface area contributed by atoms with Gasteiger partial charge in [-0.1, -0.05) is 32.0 Å². The largest absolute Gasteiger partial charge is 0.380 e. The summed E-state index contributed by atoms with van der Waals surface area (Å²) in [6.45, 7) is 5.04. The summed E-state index contributed by atoms with van der Waals surface area (Å²) >= 11 is 0. The molecule has 0 aromatic heterocycles. The van der Waals surface area contributed by atoms with E-state index in [1.807, 2.05) is 30.3 Å². The molecule has 0 amide bonds. The summed E-state index contributed by atoms with van der Waals surface area (Å²) < 4.78 is 23.1. The van der Waals surface area contributed by atoms with Gasteiger partial charge in [-0.05, 0) is 24.5 Å². The summed E-state index contributed by atoms with van der Waals surface area (Å²) in [7, 11) is -1.19. The highest BCUT2D eigenvalue weighted by Gasteiger charge is 2.28. The maximum Gasteiger partial charge on any atom is 0.191 e. The van der Waals surface area contributed by atoms with E-state index in [9.17, 15) is 8.42 Å². The molecule has 6 nitrogen and oxygen atoms in total. The molecule has 0 aliphatic carbocycles. The van der Waals surface area contributed by atoms with Crippen LogP contribution in [0.4, 0.5) is 5.69 Å². The Morgan fingerprint density at radius 1 is 1.29 bits per heavy atom. The van der Waals surface area contributed by atoms with Gasteiger partial charge in [0.1, 0.15) is 0 Å². The van der Waals surface area contributed by atoms with Gasteiger partial charge in [0.05, 0.1) is 11.5 Å². The highest BCUT2D eigenvalue weighted by atomic mass is 32.2. The Morgan fingerprint density at radius 2 is 2.00 bits per heavy atom. The number of para-hydroxylation sites is 1. The van der Waals surface area contributed by atoms with E-state index in [4.69, 9.17) is 0 Å². The number of rotatable bonds is 6. The Morgan fingerprint density at radius 3 is 2.54 bits per heavy atom. The average molecular weight is 353 g/mol. The van der Waals surface area contributed by atoms with Crippen molar-refractivity contribution in [1.29, 1.82) is 0 Å². The predicted octanol–water partition coefficient (Wildman–Crippen LogP) is 1.48. The highest BCUT2D eigenvalue weighted by Crippen LogP contribution is 2.13. The topological polar surface area (TPSA) is 82.6 Å². The van der Waals surface area contributed by atoms with Gasteiger partial charge in [0.15, 0.2) is 15.8 Å². The molecule has 0 radical (unpaired) electrons. The SMILES string of the molecule is CN=C(NCC(Nc1ccccc1)C(C)C)NC1CCS(=O)(=O)C1. The molecule has 0 spiro atoms. The Bertz CT molecular complexity index is 644. The molecule has 1 heterocycles. The van der Waals surface area contributed by atoms with Crippen LogP contribution < -0.4 is 16.0 Å². The molecule has 7 heteroatoms. The van der Waals surface area contributed by atoms with E-state index in [0.717, 1.165) is 5.69 Å². The third-order valence-corrected chi connectivity index (χ3v) is 5.98. The third-order valence-electron chi connectivity index (χ3n) is 4.22. The highest BCUT2D eigenvalue weighted by molar-refractivity contribution is 7.91. The summed E-state index contributed by atoms with van der Waals surface area (Å²) in [5.41, 5.74) is 1.09. The maximum absolute atomic E-state index is 11.6. The Kier molecular flexibility index (Phi) is 6.48. The van der Waals surface area contributed by atoms with E-state index in [1.54, 1.807) is 7.05 Å². The molecule has 134 valence electrons. The van der Waals surface area contributed by atoms with Crippen molar-refractivity contribution in [1.82, 2.24) is 10.6 Å².